The van der Waals surface area contributed by atoms with Crippen molar-refractivity contribution < 1.29 is 8.42 Å². The van der Waals surface area contributed by atoms with Gasteiger partial charge in [0.25, 0.3) is 15.7 Å². The maximum absolute atomic E-state index is 13.1. The summed E-state index contributed by atoms with van der Waals surface area (Å²) in [4.78, 5) is 3.55. The highest BCUT2D eigenvalue weighted by Crippen LogP contribution is 2.37. The van der Waals surface area contributed by atoms with Gasteiger partial charge in [-0.3, -0.25) is 0 Å². The van der Waals surface area contributed by atoms with Crippen molar-refractivity contribution >= 4 is 15.6 Å². The topological polar surface area (TPSA) is 67.2 Å². The van der Waals surface area contributed by atoms with Gasteiger partial charge in [0, 0.05) is 11.4 Å². The monoisotopic (exact) mass is 351 g/mol. The van der Waals surface area contributed by atoms with Crippen LogP contribution in [0.3, 0.4) is 0 Å². The molecule has 0 saturated heterocycles. The van der Waals surface area contributed by atoms with E-state index in [1.807, 2.05) is 13.0 Å². The smallest absolute Gasteiger partial charge is 0.242 e. The van der Waals surface area contributed by atoms with Gasteiger partial charge in [0.2, 0.25) is 0 Å². The van der Waals surface area contributed by atoms with Crippen LogP contribution in [0.4, 0.5) is 0 Å². The van der Waals surface area contributed by atoms with Crippen molar-refractivity contribution in [3.63, 3.8) is 0 Å². The van der Waals surface area contributed by atoms with Gasteiger partial charge < -0.3 is 0 Å². The number of fused-ring (bicyclic) bond motifs is 1. The molecule has 1 heterocycles. The molecule has 25 heavy (non-hydrogen) atoms. The highest BCUT2D eigenvalue weighted by Gasteiger charge is 2.29. The molecule has 0 atom stereocenters. The van der Waals surface area contributed by atoms with E-state index in [0.717, 1.165) is 12.0 Å². The standard InChI is InChI=1S/C19H17N3O2S/c1-13-7-9-15(10-8-13)25(23,24)22-14(2)11-17-16(18(12-20)21-3)5-4-6-19(17)22/h7-11H,4-6H2,1-2H3/b18-16+. The summed E-state index contributed by atoms with van der Waals surface area (Å²) >= 11 is 0. The molecule has 0 fully saturated rings. The maximum atomic E-state index is 13.1. The predicted octanol–water partition coefficient (Wildman–Crippen LogP) is 3.83. The molecule has 5 nitrogen and oxygen atoms in total. The van der Waals surface area contributed by atoms with Gasteiger partial charge in [0.05, 0.1) is 17.5 Å². The van der Waals surface area contributed by atoms with E-state index in [-0.39, 0.29) is 10.6 Å². The van der Waals surface area contributed by atoms with E-state index in [2.05, 4.69) is 4.85 Å². The number of aryl methyl sites for hydroxylation is 2. The zero-order valence-corrected chi connectivity index (χ0v) is 14.9. The van der Waals surface area contributed by atoms with Gasteiger partial charge in [-0.15, -0.1) is 0 Å². The van der Waals surface area contributed by atoms with Crippen molar-refractivity contribution in [2.45, 2.75) is 38.0 Å². The van der Waals surface area contributed by atoms with E-state index >= 15 is 0 Å². The van der Waals surface area contributed by atoms with Crippen molar-refractivity contribution in [2.24, 2.45) is 0 Å². The van der Waals surface area contributed by atoms with Crippen LogP contribution in [0.15, 0.2) is 40.9 Å². The SMILES string of the molecule is [C-]#[N+]/C(C#N)=C1\CCCc2c1cc(C)n2S(=O)(=O)c1ccc(C)cc1. The highest BCUT2D eigenvalue weighted by atomic mass is 32.2. The molecule has 1 aromatic carbocycles. The number of nitrogens with zero attached hydrogens (tertiary/aromatic N) is 3. The summed E-state index contributed by atoms with van der Waals surface area (Å²) in [6, 6.07) is 10.5. The van der Waals surface area contributed by atoms with E-state index in [9.17, 15) is 13.7 Å². The normalized spacial score (nSPS) is 15.8. The largest absolute Gasteiger partial charge is 0.268 e. The molecular weight excluding hydrogens is 334 g/mol. The summed E-state index contributed by atoms with van der Waals surface area (Å²) in [6.45, 7) is 10.8. The van der Waals surface area contributed by atoms with E-state index in [0.29, 0.717) is 35.4 Å². The molecule has 1 aliphatic rings. The Morgan fingerprint density at radius 2 is 1.92 bits per heavy atom. The predicted molar refractivity (Wildman–Crippen MR) is 95.0 cm³/mol. The van der Waals surface area contributed by atoms with E-state index in [1.54, 1.807) is 37.3 Å². The van der Waals surface area contributed by atoms with Gasteiger partial charge in [0.15, 0.2) is 0 Å². The Hall–Kier alpha value is -2.83. The maximum Gasteiger partial charge on any atom is 0.268 e. The first-order valence-electron chi connectivity index (χ1n) is 7.94. The van der Waals surface area contributed by atoms with Gasteiger partial charge >= 0.3 is 0 Å². The molecule has 126 valence electrons. The number of rotatable bonds is 2. The van der Waals surface area contributed by atoms with Crippen LogP contribution in [0.5, 0.6) is 0 Å². The second-order valence-corrected chi connectivity index (χ2v) is 7.92. The summed E-state index contributed by atoms with van der Waals surface area (Å²) in [5.41, 5.74) is 3.66. The third kappa shape index (κ3) is 2.75. The van der Waals surface area contributed by atoms with Gasteiger partial charge in [-0.25, -0.2) is 22.5 Å². The number of hydrogen-bond acceptors (Lipinski definition) is 3. The summed E-state index contributed by atoms with van der Waals surface area (Å²) in [6.07, 6.45) is 1.94. The first kappa shape index (κ1) is 17.0. The summed E-state index contributed by atoms with van der Waals surface area (Å²) in [7, 11) is -3.71. The minimum Gasteiger partial charge on any atom is -0.242 e. The third-order valence-electron chi connectivity index (χ3n) is 4.46. The molecule has 0 aliphatic heterocycles. The first-order valence-corrected chi connectivity index (χ1v) is 9.38. The Morgan fingerprint density at radius 1 is 1.24 bits per heavy atom. The minimum atomic E-state index is -3.71. The molecule has 0 radical (unpaired) electrons. The van der Waals surface area contributed by atoms with Crippen molar-refractivity contribution in [1.82, 2.24) is 3.97 Å². The Labute approximate surface area is 147 Å². The number of benzene rings is 1. The second kappa shape index (κ2) is 6.23. The van der Waals surface area contributed by atoms with Crippen molar-refractivity contribution in [1.29, 1.82) is 5.26 Å². The molecular formula is C19H17N3O2S. The van der Waals surface area contributed by atoms with Crippen LogP contribution in [0.2, 0.25) is 0 Å². The van der Waals surface area contributed by atoms with Crippen LogP contribution in [-0.4, -0.2) is 12.4 Å². The fraction of sp³-hybridized carbons (Fsp3) is 0.263. The van der Waals surface area contributed by atoms with Crippen molar-refractivity contribution in [3.8, 4) is 6.07 Å². The lowest BCUT2D eigenvalue weighted by Crippen LogP contribution is -2.19. The lowest BCUT2D eigenvalue weighted by molar-refractivity contribution is 0.582. The molecule has 0 bridgehead atoms. The Kier molecular flexibility index (Phi) is 4.24. The molecule has 0 N–H and O–H groups in total. The second-order valence-electron chi connectivity index (χ2n) is 6.13. The average molecular weight is 351 g/mol. The number of allylic oxidation sites excluding steroid dienone is 2. The lowest BCUT2D eigenvalue weighted by Gasteiger charge is -2.19. The van der Waals surface area contributed by atoms with Gasteiger partial charge in [0.1, 0.15) is 0 Å². The molecule has 0 saturated carbocycles. The number of hydrogen-bond donors (Lipinski definition) is 0. The molecule has 0 spiro atoms. The van der Waals surface area contributed by atoms with Crippen LogP contribution in [0, 0.1) is 31.8 Å². The van der Waals surface area contributed by atoms with Crippen LogP contribution >= 0.6 is 0 Å². The fourth-order valence-electron chi connectivity index (χ4n) is 3.29. The molecule has 1 aromatic heterocycles. The molecule has 6 heteroatoms. The number of nitriles is 1. The summed E-state index contributed by atoms with van der Waals surface area (Å²) in [5, 5.41) is 9.20. The first-order chi connectivity index (χ1) is 11.9. The third-order valence-corrected chi connectivity index (χ3v) is 6.31. The fourth-order valence-corrected chi connectivity index (χ4v) is 4.90. The molecule has 1 aliphatic carbocycles. The quantitative estimate of drug-likeness (QED) is 0.610. The molecule has 3 rings (SSSR count). The molecule has 2 aromatic rings. The number of aromatic nitrogens is 1. The van der Waals surface area contributed by atoms with E-state index in [4.69, 9.17) is 6.57 Å². The summed E-state index contributed by atoms with van der Waals surface area (Å²) in [5.74, 6) is 0. The zero-order chi connectivity index (χ0) is 18.2. The van der Waals surface area contributed by atoms with Crippen LogP contribution in [0.1, 0.15) is 35.4 Å². The zero-order valence-electron chi connectivity index (χ0n) is 14.1. The van der Waals surface area contributed by atoms with Crippen molar-refractivity contribution in [2.75, 3.05) is 0 Å². The minimum absolute atomic E-state index is 0.0471. The van der Waals surface area contributed by atoms with Crippen molar-refractivity contribution in [3.05, 3.63) is 70.0 Å². The highest BCUT2D eigenvalue weighted by molar-refractivity contribution is 7.90. The Morgan fingerprint density at radius 3 is 2.52 bits per heavy atom. The van der Waals surface area contributed by atoms with Crippen LogP contribution < -0.4 is 0 Å². The lowest BCUT2D eigenvalue weighted by atomic mass is 9.91. The van der Waals surface area contributed by atoms with Gasteiger partial charge in [-0.05, 0) is 62.4 Å². The van der Waals surface area contributed by atoms with Gasteiger partial charge in [-0.1, -0.05) is 17.7 Å². The Balaban J connectivity index is 2.25. The summed E-state index contributed by atoms with van der Waals surface area (Å²) < 4.78 is 27.6. The van der Waals surface area contributed by atoms with E-state index < -0.39 is 10.0 Å². The Bertz CT molecular complexity index is 1040. The van der Waals surface area contributed by atoms with Gasteiger partial charge in [-0.2, -0.15) is 0 Å². The molecule has 0 unspecified atom stereocenters. The molecule has 0 amide bonds. The van der Waals surface area contributed by atoms with Crippen LogP contribution in [0.25, 0.3) is 10.4 Å². The van der Waals surface area contributed by atoms with E-state index in [1.165, 1.54) is 3.97 Å². The average Bonchev–Trinajstić information content (AvgIpc) is 2.93. The van der Waals surface area contributed by atoms with Crippen LogP contribution in [-0.2, 0) is 16.4 Å².